The van der Waals surface area contributed by atoms with E-state index >= 15 is 0 Å². The fourth-order valence-corrected chi connectivity index (χ4v) is 1.67. The van der Waals surface area contributed by atoms with Crippen molar-refractivity contribution in [2.75, 3.05) is 5.73 Å². The topological polar surface area (TPSA) is 83.8 Å². The van der Waals surface area contributed by atoms with E-state index in [0.29, 0.717) is 11.5 Å². The maximum absolute atomic E-state index is 11.9. The molecule has 5 nitrogen and oxygen atoms in total. The van der Waals surface area contributed by atoms with Gasteiger partial charge in [-0.05, 0) is 19.4 Å². The number of nitrogens with two attached hydrogens (primary N) is 1. The summed E-state index contributed by atoms with van der Waals surface area (Å²) in [5.41, 5.74) is 8.07. The second-order valence-corrected chi connectivity index (χ2v) is 4.31. The smallest absolute Gasteiger partial charge is 0.269 e. The van der Waals surface area contributed by atoms with E-state index in [4.69, 9.17) is 5.73 Å². The molecule has 1 amide bonds. The molecule has 0 spiro atoms. The van der Waals surface area contributed by atoms with Gasteiger partial charge in [0.1, 0.15) is 11.5 Å². The lowest BCUT2D eigenvalue weighted by Crippen LogP contribution is -2.26. The summed E-state index contributed by atoms with van der Waals surface area (Å²) >= 11 is 0. The van der Waals surface area contributed by atoms with Crippen molar-refractivity contribution in [3.8, 4) is 0 Å². The number of nitrogens with zero attached hydrogens (tertiary/aromatic N) is 1. The van der Waals surface area contributed by atoms with Crippen LogP contribution in [0, 0.1) is 6.92 Å². The number of carbonyl (C=O) groups excluding carboxylic acids is 1. The molecule has 0 bridgehead atoms. The van der Waals surface area contributed by atoms with Gasteiger partial charge in [-0.15, -0.1) is 0 Å². The van der Waals surface area contributed by atoms with Gasteiger partial charge in [0.25, 0.3) is 5.91 Å². The van der Waals surface area contributed by atoms with E-state index in [9.17, 15) is 4.79 Å². The number of benzene rings is 1. The number of hydrogen-bond donors (Lipinski definition) is 3. The summed E-state index contributed by atoms with van der Waals surface area (Å²) in [7, 11) is 0. The van der Waals surface area contributed by atoms with Gasteiger partial charge >= 0.3 is 0 Å². The molecule has 4 N–H and O–H groups in total. The minimum atomic E-state index is -0.215. The molecule has 0 saturated carbocycles. The first kappa shape index (κ1) is 12.2. The van der Waals surface area contributed by atoms with E-state index < -0.39 is 0 Å². The number of aromatic nitrogens is 2. The van der Waals surface area contributed by atoms with E-state index in [1.54, 1.807) is 0 Å². The van der Waals surface area contributed by atoms with Crippen molar-refractivity contribution in [3.63, 3.8) is 0 Å². The average Bonchev–Trinajstić information content (AvgIpc) is 2.76. The second kappa shape index (κ2) is 4.91. The number of hydrogen-bond acceptors (Lipinski definition) is 3. The van der Waals surface area contributed by atoms with Crippen molar-refractivity contribution >= 4 is 11.7 Å². The summed E-state index contributed by atoms with van der Waals surface area (Å²) in [5, 5.41) is 9.18. The molecule has 0 radical (unpaired) electrons. The van der Waals surface area contributed by atoms with Gasteiger partial charge < -0.3 is 11.1 Å². The molecule has 5 heteroatoms. The molecule has 2 aromatic rings. The van der Waals surface area contributed by atoms with E-state index in [1.165, 1.54) is 11.6 Å². The standard InChI is InChI=1S/C13H16N4O/c1-8-3-5-10(6-4-8)9(2)15-13(18)11-7-12(14)17-16-11/h3-7,9H,1-2H3,(H,15,18)(H3,14,16,17)/t9-/m0/s1. The molecule has 1 heterocycles. The van der Waals surface area contributed by atoms with Crippen LogP contribution in [0.4, 0.5) is 5.82 Å². The Hall–Kier alpha value is -2.30. The minimum Gasteiger partial charge on any atom is -0.382 e. The number of anilines is 1. The van der Waals surface area contributed by atoms with Crippen molar-refractivity contribution in [3.05, 3.63) is 47.2 Å². The minimum absolute atomic E-state index is 0.0670. The van der Waals surface area contributed by atoms with E-state index in [-0.39, 0.29) is 11.9 Å². The highest BCUT2D eigenvalue weighted by atomic mass is 16.2. The van der Waals surface area contributed by atoms with Gasteiger partial charge in [-0.2, -0.15) is 5.10 Å². The van der Waals surface area contributed by atoms with Crippen LogP contribution in [0.2, 0.25) is 0 Å². The second-order valence-electron chi connectivity index (χ2n) is 4.31. The summed E-state index contributed by atoms with van der Waals surface area (Å²) < 4.78 is 0. The Morgan fingerprint density at radius 1 is 1.39 bits per heavy atom. The Labute approximate surface area is 105 Å². The monoisotopic (exact) mass is 244 g/mol. The van der Waals surface area contributed by atoms with Gasteiger partial charge in [0.15, 0.2) is 0 Å². The van der Waals surface area contributed by atoms with Gasteiger partial charge in [-0.25, -0.2) is 0 Å². The van der Waals surface area contributed by atoms with Crippen molar-refractivity contribution in [1.82, 2.24) is 15.5 Å². The maximum atomic E-state index is 11.9. The Bertz CT molecular complexity index is 544. The molecule has 2 rings (SSSR count). The van der Waals surface area contributed by atoms with E-state index in [1.807, 2.05) is 38.1 Å². The number of aryl methyl sites for hydroxylation is 1. The van der Waals surface area contributed by atoms with Crippen molar-refractivity contribution in [2.24, 2.45) is 0 Å². The molecule has 0 fully saturated rings. The molecule has 1 aromatic heterocycles. The predicted molar refractivity (Wildman–Crippen MR) is 70.1 cm³/mol. The largest absolute Gasteiger partial charge is 0.382 e. The number of rotatable bonds is 3. The highest BCUT2D eigenvalue weighted by molar-refractivity contribution is 5.93. The van der Waals surface area contributed by atoms with E-state index in [2.05, 4.69) is 15.5 Å². The third kappa shape index (κ3) is 2.68. The van der Waals surface area contributed by atoms with Crippen LogP contribution in [-0.2, 0) is 0 Å². The van der Waals surface area contributed by atoms with Crippen LogP contribution in [0.1, 0.15) is 34.6 Å². The zero-order valence-corrected chi connectivity index (χ0v) is 10.4. The lowest BCUT2D eigenvalue weighted by molar-refractivity contribution is 0.0935. The Balaban J connectivity index is 2.05. The summed E-state index contributed by atoms with van der Waals surface area (Å²) in [4.78, 5) is 11.9. The number of H-pyrrole nitrogens is 1. The molecule has 0 unspecified atom stereocenters. The quantitative estimate of drug-likeness (QED) is 0.769. The zero-order chi connectivity index (χ0) is 13.1. The predicted octanol–water partition coefficient (Wildman–Crippen LogP) is 1.79. The first-order valence-corrected chi connectivity index (χ1v) is 5.74. The van der Waals surface area contributed by atoms with Crippen LogP contribution in [0.5, 0.6) is 0 Å². The summed E-state index contributed by atoms with van der Waals surface area (Å²) in [6.45, 7) is 3.96. The van der Waals surface area contributed by atoms with Gasteiger partial charge in [0.2, 0.25) is 0 Å². The third-order valence-corrected chi connectivity index (χ3v) is 2.77. The zero-order valence-electron chi connectivity index (χ0n) is 10.4. The molecular weight excluding hydrogens is 228 g/mol. The lowest BCUT2D eigenvalue weighted by Gasteiger charge is -2.13. The molecule has 0 aliphatic heterocycles. The fourth-order valence-electron chi connectivity index (χ4n) is 1.67. The van der Waals surface area contributed by atoms with Gasteiger partial charge in [-0.3, -0.25) is 9.89 Å². The summed E-state index contributed by atoms with van der Waals surface area (Å²) in [6.07, 6.45) is 0. The highest BCUT2D eigenvalue weighted by Gasteiger charge is 2.13. The molecule has 0 saturated heterocycles. The Morgan fingerprint density at radius 2 is 2.06 bits per heavy atom. The van der Waals surface area contributed by atoms with Crippen LogP contribution >= 0.6 is 0 Å². The van der Waals surface area contributed by atoms with Crippen LogP contribution in [0.3, 0.4) is 0 Å². The summed E-state index contributed by atoms with van der Waals surface area (Å²) in [5.74, 6) is 0.0930. The Morgan fingerprint density at radius 3 is 2.61 bits per heavy atom. The Kier molecular flexibility index (Phi) is 3.32. The van der Waals surface area contributed by atoms with Crippen LogP contribution in [0.15, 0.2) is 30.3 Å². The van der Waals surface area contributed by atoms with Crippen molar-refractivity contribution in [2.45, 2.75) is 19.9 Å². The van der Waals surface area contributed by atoms with Crippen LogP contribution < -0.4 is 11.1 Å². The molecule has 0 aliphatic carbocycles. The third-order valence-electron chi connectivity index (χ3n) is 2.77. The van der Waals surface area contributed by atoms with E-state index in [0.717, 1.165) is 5.56 Å². The molecule has 0 aliphatic rings. The highest BCUT2D eigenvalue weighted by Crippen LogP contribution is 2.13. The number of nitrogens with one attached hydrogen (secondary N) is 2. The molecular formula is C13H16N4O. The number of aromatic amines is 1. The maximum Gasteiger partial charge on any atom is 0.269 e. The fraction of sp³-hybridized carbons (Fsp3) is 0.231. The molecule has 18 heavy (non-hydrogen) atoms. The first-order chi connectivity index (χ1) is 8.56. The molecule has 1 aromatic carbocycles. The van der Waals surface area contributed by atoms with Crippen molar-refractivity contribution in [1.29, 1.82) is 0 Å². The van der Waals surface area contributed by atoms with Gasteiger partial charge in [0, 0.05) is 6.07 Å². The molecule has 1 atom stereocenters. The average molecular weight is 244 g/mol. The molecule has 94 valence electrons. The number of nitrogen functional groups attached to an aromatic ring is 1. The normalized spacial score (nSPS) is 12.1. The van der Waals surface area contributed by atoms with Crippen LogP contribution in [0.25, 0.3) is 0 Å². The lowest BCUT2D eigenvalue weighted by atomic mass is 10.1. The SMILES string of the molecule is Cc1ccc([C@H](C)NC(=O)c2cc(N)n[nH]2)cc1. The summed E-state index contributed by atoms with van der Waals surface area (Å²) in [6, 6.07) is 9.49. The van der Waals surface area contributed by atoms with Crippen molar-refractivity contribution < 1.29 is 4.79 Å². The van der Waals surface area contributed by atoms with Gasteiger partial charge in [0.05, 0.1) is 6.04 Å². The number of carbonyl (C=O) groups is 1. The van der Waals surface area contributed by atoms with Gasteiger partial charge in [-0.1, -0.05) is 29.8 Å². The first-order valence-electron chi connectivity index (χ1n) is 5.74. The van der Waals surface area contributed by atoms with Crippen LogP contribution in [-0.4, -0.2) is 16.1 Å². The number of amides is 1.